The topological polar surface area (TPSA) is 88.7 Å². The van der Waals surface area contributed by atoms with Crippen molar-refractivity contribution >= 4 is 5.91 Å². The third-order valence-corrected chi connectivity index (χ3v) is 3.13. The summed E-state index contributed by atoms with van der Waals surface area (Å²) in [6.45, 7) is 2.92. The van der Waals surface area contributed by atoms with Crippen molar-refractivity contribution in [2.45, 2.75) is 19.1 Å². The van der Waals surface area contributed by atoms with E-state index >= 15 is 0 Å². The molecule has 0 saturated carbocycles. The minimum Gasteiger partial charge on any atom is -0.394 e. The Labute approximate surface area is 123 Å². The van der Waals surface area contributed by atoms with E-state index in [0.29, 0.717) is 18.8 Å². The number of carbonyl (C=O) groups excluding carboxylic acids is 1. The smallest absolute Gasteiger partial charge is 0.272 e. The summed E-state index contributed by atoms with van der Waals surface area (Å²) in [5, 5.41) is 9.19. The summed E-state index contributed by atoms with van der Waals surface area (Å²) in [4.78, 5) is 18.2. The van der Waals surface area contributed by atoms with Crippen molar-refractivity contribution < 1.29 is 14.6 Å². The number of amides is 1. The fourth-order valence-corrected chi connectivity index (χ4v) is 2.22. The quantitative estimate of drug-likeness (QED) is 0.724. The van der Waals surface area contributed by atoms with Crippen molar-refractivity contribution in [2.24, 2.45) is 5.73 Å². The van der Waals surface area contributed by atoms with Crippen molar-refractivity contribution in [1.82, 2.24) is 9.88 Å². The third kappa shape index (κ3) is 4.02. The maximum Gasteiger partial charge on any atom is 0.272 e. The molecule has 1 saturated heterocycles. The van der Waals surface area contributed by atoms with Gasteiger partial charge < -0.3 is 20.5 Å². The molecule has 0 bridgehead atoms. The molecule has 3 N–H and O–H groups in total. The molecule has 1 aliphatic rings. The first kappa shape index (κ1) is 15.4. The molecule has 1 aromatic heterocycles. The van der Waals surface area contributed by atoms with Gasteiger partial charge in [0.15, 0.2) is 0 Å². The molecule has 6 heteroatoms. The average molecular weight is 289 g/mol. The molecule has 6 nitrogen and oxygen atoms in total. The molecule has 2 atom stereocenters. The number of nitrogens with two attached hydrogens (primary N) is 1. The average Bonchev–Trinajstić information content (AvgIpc) is 2.52. The Morgan fingerprint density at radius 3 is 3.00 bits per heavy atom. The minimum atomic E-state index is -0.340. The molecule has 2 rings (SSSR count). The summed E-state index contributed by atoms with van der Waals surface area (Å²) in [6.07, 6.45) is 1.12. The van der Waals surface area contributed by atoms with Gasteiger partial charge in [-0.25, -0.2) is 4.98 Å². The van der Waals surface area contributed by atoms with E-state index in [1.165, 1.54) is 0 Å². The van der Waals surface area contributed by atoms with Gasteiger partial charge in [0.2, 0.25) is 0 Å². The Kier molecular flexibility index (Phi) is 5.28. The van der Waals surface area contributed by atoms with E-state index in [9.17, 15) is 9.90 Å². The molecule has 112 valence electrons. The molecule has 1 aromatic rings. The lowest BCUT2D eigenvalue weighted by atomic mass is 10.2. The molecule has 0 aromatic carbocycles. The van der Waals surface area contributed by atoms with Crippen LogP contribution in [0.25, 0.3) is 0 Å². The highest BCUT2D eigenvalue weighted by Gasteiger charge is 2.28. The standard InChI is InChI=1S/C15H19N3O3/c1-11-8-18(9-13(10-19)21-11)15(20)14-5-4-12(7-17-14)3-2-6-16/h4-5,7,11,13,19H,6,8-10,16H2,1H3. The van der Waals surface area contributed by atoms with Crippen molar-refractivity contribution in [3.8, 4) is 11.8 Å². The van der Waals surface area contributed by atoms with Crippen molar-refractivity contribution in [3.63, 3.8) is 0 Å². The van der Waals surface area contributed by atoms with Gasteiger partial charge >= 0.3 is 0 Å². The number of ether oxygens (including phenoxy) is 1. The fraction of sp³-hybridized carbons (Fsp3) is 0.467. The summed E-state index contributed by atoms with van der Waals surface area (Å²) in [7, 11) is 0. The second-order valence-corrected chi connectivity index (χ2v) is 4.90. The van der Waals surface area contributed by atoms with Crippen LogP contribution in [0.15, 0.2) is 18.3 Å². The van der Waals surface area contributed by atoms with Gasteiger partial charge in [0.1, 0.15) is 5.69 Å². The summed E-state index contributed by atoms with van der Waals surface area (Å²) in [5.41, 5.74) is 6.39. The Balaban J connectivity index is 2.08. The van der Waals surface area contributed by atoms with Crippen molar-refractivity contribution in [1.29, 1.82) is 0 Å². The minimum absolute atomic E-state index is 0.102. The molecule has 2 unspecified atom stereocenters. The number of carbonyl (C=O) groups is 1. The second-order valence-electron chi connectivity index (χ2n) is 4.90. The molecular weight excluding hydrogens is 270 g/mol. The largest absolute Gasteiger partial charge is 0.394 e. The molecule has 2 heterocycles. The first-order valence-corrected chi connectivity index (χ1v) is 6.84. The fourth-order valence-electron chi connectivity index (χ4n) is 2.22. The van der Waals surface area contributed by atoms with E-state index in [2.05, 4.69) is 16.8 Å². The molecule has 0 aliphatic carbocycles. The number of nitrogens with zero attached hydrogens (tertiary/aromatic N) is 2. The van der Waals surface area contributed by atoms with Crippen LogP contribution in [0, 0.1) is 11.8 Å². The molecule has 0 radical (unpaired) electrons. The third-order valence-electron chi connectivity index (χ3n) is 3.13. The highest BCUT2D eigenvalue weighted by atomic mass is 16.5. The molecule has 0 spiro atoms. The lowest BCUT2D eigenvalue weighted by molar-refractivity contribution is -0.0859. The normalized spacial score (nSPS) is 21.6. The van der Waals surface area contributed by atoms with Gasteiger partial charge in [-0.1, -0.05) is 11.8 Å². The van der Waals surface area contributed by atoms with Crippen LogP contribution in [-0.4, -0.2) is 59.3 Å². The zero-order valence-electron chi connectivity index (χ0n) is 12.0. The molecular formula is C15H19N3O3. The number of hydrogen-bond donors (Lipinski definition) is 2. The maximum atomic E-state index is 12.4. The summed E-state index contributed by atoms with van der Waals surface area (Å²) < 4.78 is 5.52. The Morgan fingerprint density at radius 1 is 1.57 bits per heavy atom. The van der Waals surface area contributed by atoms with Gasteiger partial charge in [0, 0.05) is 24.8 Å². The second kappa shape index (κ2) is 7.18. The van der Waals surface area contributed by atoms with Crippen LogP contribution in [0.4, 0.5) is 0 Å². The van der Waals surface area contributed by atoms with Crippen LogP contribution >= 0.6 is 0 Å². The zero-order valence-corrected chi connectivity index (χ0v) is 12.0. The lowest BCUT2D eigenvalue weighted by Gasteiger charge is -2.35. The van der Waals surface area contributed by atoms with Crippen LogP contribution in [0.2, 0.25) is 0 Å². The number of aliphatic hydroxyl groups is 1. The van der Waals surface area contributed by atoms with E-state index in [-0.39, 0.29) is 31.3 Å². The van der Waals surface area contributed by atoms with Gasteiger partial charge in [-0.3, -0.25) is 4.79 Å². The first-order valence-electron chi connectivity index (χ1n) is 6.84. The monoisotopic (exact) mass is 289 g/mol. The van der Waals surface area contributed by atoms with E-state index < -0.39 is 0 Å². The highest BCUT2D eigenvalue weighted by molar-refractivity contribution is 5.92. The maximum absolute atomic E-state index is 12.4. The van der Waals surface area contributed by atoms with Crippen LogP contribution < -0.4 is 5.73 Å². The Morgan fingerprint density at radius 2 is 2.38 bits per heavy atom. The molecule has 1 amide bonds. The summed E-state index contributed by atoms with van der Waals surface area (Å²) in [5.74, 6) is 5.43. The van der Waals surface area contributed by atoms with E-state index in [1.54, 1.807) is 23.2 Å². The highest BCUT2D eigenvalue weighted by Crippen LogP contribution is 2.13. The summed E-state index contributed by atoms with van der Waals surface area (Å²) >= 11 is 0. The number of rotatable bonds is 2. The zero-order chi connectivity index (χ0) is 15.2. The number of aliphatic hydroxyl groups excluding tert-OH is 1. The van der Waals surface area contributed by atoms with Gasteiger partial charge in [-0.05, 0) is 19.1 Å². The van der Waals surface area contributed by atoms with Crippen molar-refractivity contribution in [3.05, 3.63) is 29.6 Å². The van der Waals surface area contributed by atoms with Crippen LogP contribution in [0.1, 0.15) is 23.0 Å². The van der Waals surface area contributed by atoms with Gasteiger partial charge in [-0.15, -0.1) is 0 Å². The Bertz CT molecular complexity index is 548. The molecule has 1 fully saturated rings. The van der Waals surface area contributed by atoms with Gasteiger partial charge in [0.25, 0.3) is 5.91 Å². The Hall–Kier alpha value is -1.94. The first-order chi connectivity index (χ1) is 10.1. The van der Waals surface area contributed by atoms with Crippen LogP contribution in [-0.2, 0) is 4.74 Å². The van der Waals surface area contributed by atoms with E-state index in [4.69, 9.17) is 10.5 Å². The number of hydrogen-bond acceptors (Lipinski definition) is 5. The van der Waals surface area contributed by atoms with E-state index in [1.807, 2.05) is 6.92 Å². The lowest BCUT2D eigenvalue weighted by Crippen LogP contribution is -2.50. The SMILES string of the molecule is CC1CN(C(=O)c2ccc(C#CCN)cn2)CC(CO)O1. The van der Waals surface area contributed by atoms with Gasteiger partial charge in [0.05, 0.1) is 25.4 Å². The predicted octanol–water partition coefficient (Wildman–Crippen LogP) is -0.386. The number of morpholine rings is 1. The number of pyridine rings is 1. The molecule has 21 heavy (non-hydrogen) atoms. The number of aromatic nitrogens is 1. The summed E-state index contributed by atoms with van der Waals surface area (Å²) in [6, 6.07) is 3.40. The van der Waals surface area contributed by atoms with E-state index in [0.717, 1.165) is 5.56 Å². The van der Waals surface area contributed by atoms with Crippen molar-refractivity contribution in [2.75, 3.05) is 26.2 Å². The van der Waals surface area contributed by atoms with Crippen LogP contribution in [0.5, 0.6) is 0 Å². The van der Waals surface area contributed by atoms with Gasteiger partial charge in [-0.2, -0.15) is 0 Å². The molecule has 1 aliphatic heterocycles. The predicted molar refractivity (Wildman–Crippen MR) is 77.5 cm³/mol. The van der Waals surface area contributed by atoms with Crippen LogP contribution in [0.3, 0.4) is 0 Å².